The van der Waals surface area contributed by atoms with Crippen molar-refractivity contribution < 1.29 is 14.6 Å². The van der Waals surface area contributed by atoms with Gasteiger partial charge in [0.05, 0.1) is 11.2 Å². The smallest absolute Gasteiger partial charge is 0.252 e. The van der Waals surface area contributed by atoms with Gasteiger partial charge < -0.3 is 15.2 Å². The monoisotopic (exact) mass is 313 g/mol. The summed E-state index contributed by atoms with van der Waals surface area (Å²) >= 11 is 3.33. The highest BCUT2D eigenvalue weighted by molar-refractivity contribution is 9.10. The molecule has 1 aliphatic rings. The molecule has 0 aliphatic carbocycles. The van der Waals surface area contributed by atoms with Gasteiger partial charge in [-0.3, -0.25) is 4.79 Å². The van der Waals surface area contributed by atoms with E-state index < -0.39 is 5.60 Å². The fourth-order valence-corrected chi connectivity index (χ4v) is 2.38. The van der Waals surface area contributed by atoms with E-state index in [4.69, 9.17) is 4.74 Å². The molecule has 0 spiro atoms. The third kappa shape index (κ3) is 3.31. The van der Waals surface area contributed by atoms with Crippen molar-refractivity contribution in [2.75, 3.05) is 19.8 Å². The summed E-state index contributed by atoms with van der Waals surface area (Å²) in [7, 11) is 0. The zero-order chi connectivity index (χ0) is 13.0. The molecule has 1 amide bonds. The number of aliphatic hydroxyl groups is 1. The Kier molecular flexibility index (Phi) is 4.37. The van der Waals surface area contributed by atoms with Crippen molar-refractivity contribution >= 4 is 21.8 Å². The van der Waals surface area contributed by atoms with Crippen LogP contribution in [-0.2, 0) is 4.74 Å². The summed E-state index contributed by atoms with van der Waals surface area (Å²) in [6.07, 6.45) is 1.12. The summed E-state index contributed by atoms with van der Waals surface area (Å²) < 4.78 is 5.95. The third-order valence-electron chi connectivity index (χ3n) is 3.12. The van der Waals surface area contributed by atoms with E-state index >= 15 is 0 Å². The molecule has 1 aromatic carbocycles. The first-order valence-electron chi connectivity index (χ1n) is 5.94. The lowest BCUT2D eigenvalue weighted by Crippen LogP contribution is -2.46. The van der Waals surface area contributed by atoms with Gasteiger partial charge in [0.15, 0.2) is 0 Å². The van der Waals surface area contributed by atoms with Crippen LogP contribution >= 0.6 is 15.9 Å². The number of halogens is 1. The molecular formula is C13H16BrNO3. The lowest BCUT2D eigenvalue weighted by Gasteiger charge is -2.32. The molecule has 2 N–H and O–H groups in total. The molecule has 1 aromatic rings. The summed E-state index contributed by atoms with van der Waals surface area (Å²) in [4.78, 5) is 12.0. The standard InChI is InChI=1S/C13H16BrNO3/c14-11-4-2-1-3-10(11)12(16)15-9-13(17)5-7-18-8-6-13/h1-4,17H,5-9H2,(H,15,16). The van der Waals surface area contributed by atoms with E-state index in [9.17, 15) is 9.90 Å². The van der Waals surface area contributed by atoms with Crippen molar-refractivity contribution in [1.29, 1.82) is 0 Å². The van der Waals surface area contributed by atoms with E-state index in [2.05, 4.69) is 21.2 Å². The molecule has 0 saturated carbocycles. The molecule has 1 fully saturated rings. The molecule has 5 heteroatoms. The molecular weight excluding hydrogens is 298 g/mol. The molecule has 1 heterocycles. The lowest BCUT2D eigenvalue weighted by molar-refractivity contribution is -0.0605. The predicted molar refractivity (Wildman–Crippen MR) is 71.5 cm³/mol. The Morgan fingerprint density at radius 3 is 2.72 bits per heavy atom. The maximum Gasteiger partial charge on any atom is 0.252 e. The van der Waals surface area contributed by atoms with Crippen molar-refractivity contribution in [3.63, 3.8) is 0 Å². The molecule has 0 atom stereocenters. The first kappa shape index (κ1) is 13.5. The van der Waals surface area contributed by atoms with Crippen LogP contribution in [0.3, 0.4) is 0 Å². The van der Waals surface area contributed by atoms with E-state index in [-0.39, 0.29) is 12.5 Å². The quantitative estimate of drug-likeness (QED) is 0.893. The number of ether oxygens (including phenoxy) is 1. The van der Waals surface area contributed by atoms with Gasteiger partial charge in [-0.05, 0) is 28.1 Å². The summed E-state index contributed by atoms with van der Waals surface area (Å²) in [5, 5.41) is 13.0. The van der Waals surface area contributed by atoms with E-state index in [1.165, 1.54) is 0 Å². The minimum atomic E-state index is -0.838. The van der Waals surface area contributed by atoms with Crippen LogP contribution < -0.4 is 5.32 Å². The molecule has 0 bridgehead atoms. The van der Waals surface area contributed by atoms with E-state index in [1.54, 1.807) is 6.07 Å². The lowest BCUT2D eigenvalue weighted by atomic mass is 9.94. The van der Waals surface area contributed by atoms with Crippen LogP contribution in [0.5, 0.6) is 0 Å². The van der Waals surface area contributed by atoms with Gasteiger partial charge in [-0.25, -0.2) is 0 Å². The predicted octanol–water partition coefficient (Wildman–Crippen LogP) is 1.72. The molecule has 4 nitrogen and oxygen atoms in total. The molecule has 18 heavy (non-hydrogen) atoms. The molecule has 98 valence electrons. The molecule has 0 unspecified atom stereocenters. The van der Waals surface area contributed by atoms with Crippen molar-refractivity contribution in [1.82, 2.24) is 5.32 Å². The minimum Gasteiger partial charge on any atom is -0.388 e. The van der Waals surface area contributed by atoms with E-state index in [1.807, 2.05) is 18.2 Å². The topological polar surface area (TPSA) is 58.6 Å². The van der Waals surface area contributed by atoms with Crippen LogP contribution in [0.25, 0.3) is 0 Å². The highest BCUT2D eigenvalue weighted by Crippen LogP contribution is 2.20. The number of rotatable bonds is 3. The maximum absolute atomic E-state index is 12.0. The SMILES string of the molecule is O=C(NCC1(O)CCOCC1)c1ccccc1Br. The number of carbonyl (C=O) groups is 1. The van der Waals surface area contributed by atoms with Crippen LogP contribution in [0.2, 0.25) is 0 Å². The zero-order valence-corrected chi connectivity index (χ0v) is 11.6. The normalized spacial score (nSPS) is 18.3. The first-order valence-corrected chi connectivity index (χ1v) is 6.73. The fourth-order valence-electron chi connectivity index (χ4n) is 1.91. The van der Waals surface area contributed by atoms with Crippen LogP contribution in [0, 0.1) is 0 Å². The zero-order valence-electron chi connectivity index (χ0n) is 9.99. The Labute approximate surface area is 114 Å². The first-order chi connectivity index (χ1) is 8.61. The maximum atomic E-state index is 12.0. The van der Waals surface area contributed by atoms with Crippen LogP contribution in [-0.4, -0.2) is 36.4 Å². The van der Waals surface area contributed by atoms with Gasteiger partial charge in [0, 0.05) is 37.1 Å². The minimum absolute atomic E-state index is 0.178. The van der Waals surface area contributed by atoms with Gasteiger partial charge in [-0.1, -0.05) is 12.1 Å². The highest BCUT2D eigenvalue weighted by atomic mass is 79.9. The van der Waals surface area contributed by atoms with Crippen molar-refractivity contribution in [2.24, 2.45) is 0 Å². The van der Waals surface area contributed by atoms with Gasteiger partial charge in [-0.2, -0.15) is 0 Å². The number of hydrogen-bond donors (Lipinski definition) is 2. The van der Waals surface area contributed by atoms with Crippen LogP contribution in [0.15, 0.2) is 28.7 Å². The Balaban J connectivity index is 1.94. The Morgan fingerprint density at radius 1 is 1.39 bits per heavy atom. The second-order valence-electron chi connectivity index (χ2n) is 4.50. The average Bonchev–Trinajstić information content (AvgIpc) is 2.38. The van der Waals surface area contributed by atoms with Gasteiger partial charge in [0.25, 0.3) is 5.91 Å². The number of benzene rings is 1. The molecule has 0 aromatic heterocycles. The molecule has 1 saturated heterocycles. The van der Waals surface area contributed by atoms with E-state index in [0.29, 0.717) is 31.6 Å². The van der Waals surface area contributed by atoms with Crippen LogP contribution in [0.4, 0.5) is 0 Å². The van der Waals surface area contributed by atoms with E-state index in [0.717, 1.165) is 4.47 Å². The van der Waals surface area contributed by atoms with Gasteiger partial charge in [0.1, 0.15) is 0 Å². The summed E-state index contributed by atoms with van der Waals surface area (Å²) in [5.74, 6) is -0.178. The largest absolute Gasteiger partial charge is 0.388 e. The Bertz CT molecular complexity index is 430. The molecule has 0 radical (unpaired) electrons. The van der Waals surface area contributed by atoms with Gasteiger partial charge >= 0.3 is 0 Å². The number of hydrogen-bond acceptors (Lipinski definition) is 3. The second-order valence-corrected chi connectivity index (χ2v) is 5.35. The Morgan fingerprint density at radius 2 is 2.06 bits per heavy atom. The highest BCUT2D eigenvalue weighted by Gasteiger charge is 2.30. The van der Waals surface area contributed by atoms with Crippen LogP contribution in [0.1, 0.15) is 23.2 Å². The van der Waals surface area contributed by atoms with Crippen molar-refractivity contribution in [3.05, 3.63) is 34.3 Å². The third-order valence-corrected chi connectivity index (χ3v) is 3.81. The van der Waals surface area contributed by atoms with Gasteiger partial charge in [0.2, 0.25) is 0 Å². The van der Waals surface area contributed by atoms with Crippen molar-refractivity contribution in [3.8, 4) is 0 Å². The fraction of sp³-hybridized carbons (Fsp3) is 0.462. The van der Waals surface area contributed by atoms with Gasteiger partial charge in [-0.15, -0.1) is 0 Å². The molecule has 2 rings (SSSR count). The Hall–Kier alpha value is -0.910. The summed E-state index contributed by atoms with van der Waals surface area (Å²) in [6, 6.07) is 7.22. The second kappa shape index (κ2) is 5.82. The average molecular weight is 314 g/mol. The number of amides is 1. The molecule has 1 aliphatic heterocycles. The number of carbonyl (C=O) groups excluding carboxylic acids is 1. The summed E-state index contributed by atoms with van der Waals surface area (Å²) in [6.45, 7) is 1.35. The van der Waals surface area contributed by atoms with Crippen molar-refractivity contribution in [2.45, 2.75) is 18.4 Å². The summed E-state index contributed by atoms with van der Waals surface area (Å²) in [5.41, 5.74) is -0.261. The number of nitrogens with one attached hydrogen (secondary N) is 1.